The molecule has 2 amide bonds. The van der Waals surface area contributed by atoms with Crippen LogP contribution in [0.5, 0.6) is 5.75 Å². The lowest BCUT2D eigenvalue weighted by Gasteiger charge is -2.18. The molecular formula is C26H23ClN2O3. The summed E-state index contributed by atoms with van der Waals surface area (Å²) in [6.45, 7) is 4.24. The van der Waals surface area contributed by atoms with E-state index in [0.29, 0.717) is 27.9 Å². The number of amides is 2. The molecule has 0 atom stereocenters. The molecule has 32 heavy (non-hydrogen) atoms. The van der Waals surface area contributed by atoms with Gasteiger partial charge in [-0.1, -0.05) is 61.8 Å². The van der Waals surface area contributed by atoms with E-state index < -0.39 is 11.8 Å². The maximum atomic E-state index is 13.5. The highest BCUT2D eigenvalue weighted by Crippen LogP contribution is 2.38. The van der Waals surface area contributed by atoms with Gasteiger partial charge in [0.25, 0.3) is 11.8 Å². The molecule has 0 bridgehead atoms. The van der Waals surface area contributed by atoms with Gasteiger partial charge in [0.15, 0.2) is 0 Å². The fourth-order valence-corrected chi connectivity index (χ4v) is 3.79. The van der Waals surface area contributed by atoms with Crippen LogP contribution in [-0.2, 0) is 9.59 Å². The number of nitrogens with zero attached hydrogens (tertiary/aromatic N) is 1. The van der Waals surface area contributed by atoms with Gasteiger partial charge in [-0.2, -0.15) is 0 Å². The van der Waals surface area contributed by atoms with E-state index in [1.54, 1.807) is 48.5 Å². The van der Waals surface area contributed by atoms with Crippen LogP contribution in [0.4, 0.5) is 11.4 Å². The standard InChI is InChI=1S/C26H23ClN2O3/c1-16(2)17-10-14-20(15-11-17)28-24-23(18-8-12-19(27)13-9-18)25(30)29(26(24)31)21-6-4-5-7-22(21)32-3/h4-16,28H,1-3H3. The first kappa shape index (κ1) is 21.7. The van der Waals surface area contributed by atoms with Crippen molar-refractivity contribution in [1.82, 2.24) is 0 Å². The smallest absolute Gasteiger partial charge is 0.282 e. The predicted octanol–water partition coefficient (Wildman–Crippen LogP) is 5.87. The molecule has 0 spiro atoms. The van der Waals surface area contributed by atoms with Crippen molar-refractivity contribution >= 4 is 40.4 Å². The Balaban J connectivity index is 1.80. The van der Waals surface area contributed by atoms with Crippen molar-refractivity contribution in [2.45, 2.75) is 19.8 Å². The van der Waals surface area contributed by atoms with Gasteiger partial charge in [-0.25, -0.2) is 4.90 Å². The Morgan fingerprint density at radius 3 is 2.16 bits per heavy atom. The van der Waals surface area contributed by atoms with Crippen molar-refractivity contribution in [2.24, 2.45) is 0 Å². The lowest BCUT2D eigenvalue weighted by atomic mass is 10.0. The van der Waals surface area contributed by atoms with Crippen LogP contribution in [0.2, 0.25) is 5.02 Å². The van der Waals surface area contributed by atoms with Crippen LogP contribution >= 0.6 is 11.6 Å². The van der Waals surface area contributed by atoms with Gasteiger partial charge in [0.1, 0.15) is 11.4 Å². The topological polar surface area (TPSA) is 58.6 Å². The van der Waals surface area contributed by atoms with Crippen molar-refractivity contribution < 1.29 is 14.3 Å². The van der Waals surface area contributed by atoms with Crippen LogP contribution in [0.3, 0.4) is 0 Å². The van der Waals surface area contributed by atoms with Gasteiger partial charge < -0.3 is 10.1 Å². The lowest BCUT2D eigenvalue weighted by Crippen LogP contribution is -2.32. The minimum Gasteiger partial charge on any atom is -0.495 e. The number of carbonyl (C=O) groups is 2. The van der Waals surface area contributed by atoms with E-state index in [0.717, 1.165) is 10.6 Å². The molecule has 162 valence electrons. The van der Waals surface area contributed by atoms with E-state index in [9.17, 15) is 9.59 Å². The van der Waals surface area contributed by atoms with E-state index >= 15 is 0 Å². The molecule has 0 aliphatic carbocycles. The van der Waals surface area contributed by atoms with E-state index in [4.69, 9.17) is 16.3 Å². The monoisotopic (exact) mass is 446 g/mol. The van der Waals surface area contributed by atoms with Crippen molar-refractivity contribution in [3.63, 3.8) is 0 Å². The van der Waals surface area contributed by atoms with Crippen molar-refractivity contribution in [3.05, 3.63) is 94.6 Å². The lowest BCUT2D eigenvalue weighted by molar-refractivity contribution is -0.120. The summed E-state index contributed by atoms with van der Waals surface area (Å²) < 4.78 is 5.40. The maximum absolute atomic E-state index is 13.5. The van der Waals surface area contributed by atoms with E-state index in [-0.39, 0.29) is 11.3 Å². The maximum Gasteiger partial charge on any atom is 0.282 e. The summed E-state index contributed by atoms with van der Waals surface area (Å²) in [5.74, 6) is -0.0451. The van der Waals surface area contributed by atoms with Crippen molar-refractivity contribution in [2.75, 3.05) is 17.3 Å². The first-order chi connectivity index (χ1) is 15.4. The molecule has 0 fully saturated rings. The van der Waals surface area contributed by atoms with Gasteiger partial charge in [0.05, 0.1) is 18.4 Å². The van der Waals surface area contributed by atoms with Crippen LogP contribution < -0.4 is 15.0 Å². The molecule has 1 aliphatic rings. The summed E-state index contributed by atoms with van der Waals surface area (Å²) in [7, 11) is 1.51. The first-order valence-corrected chi connectivity index (χ1v) is 10.7. The second-order valence-corrected chi connectivity index (χ2v) is 8.21. The zero-order valence-corrected chi connectivity index (χ0v) is 18.8. The normalized spacial score (nSPS) is 13.8. The third kappa shape index (κ3) is 3.99. The number of benzene rings is 3. The molecule has 0 unspecified atom stereocenters. The Kier molecular flexibility index (Phi) is 6.01. The number of hydrogen-bond acceptors (Lipinski definition) is 4. The largest absolute Gasteiger partial charge is 0.495 e. The quantitative estimate of drug-likeness (QED) is 0.481. The fourth-order valence-electron chi connectivity index (χ4n) is 3.66. The molecule has 0 saturated carbocycles. The molecule has 1 heterocycles. The Hall–Kier alpha value is -3.57. The second-order valence-electron chi connectivity index (χ2n) is 7.78. The number of carbonyl (C=O) groups excluding carboxylic acids is 2. The number of hydrogen-bond donors (Lipinski definition) is 1. The van der Waals surface area contributed by atoms with Crippen LogP contribution in [-0.4, -0.2) is 18.9 Å². The van der Waals surface area contributed by atoms with Crippen LogP contribution in [0.1, 0.15) is 30.9 Å². The van der Waals surface area contributed by atoms with Gasteiger partial charge in [-0.05, 0) is 53.4 Å². The average Bonchev–Trinajstić information content (AvgIpc) is 3.04. The zero-order valence-electron chi connectivity index (χ0n) is 18.1. The molecule has 5 nitrogen and oxygen atoms in total. The van der Waals surface area contributed by atoms with E-state index in [2.05, 4.69) is 19.2 Å². The average molecular weight is 447 g/mol. The number of nitrogens with one attached hydrogen (secondary N) is 1. The molecule has 6 heteroatoms. The minimum atomic E-state index is -0.447. The Labute approximate surface area is 192 Å². The van der Waals surface area contributed by atoms with Crippen molar-refractivity contribution in [1.29, 1.82) is 0 Å². The predicted molar refractivity (Wildman–Crippen MR) is 128 cm³/mol. The number of para-hydroxylation sites is 2. The van der Waals surface area contributed by atoms with Gasteiger partial charge >= 0.3 is 0 Å². The number of methoxy groups -OCH3 is 1. The second kappa shape index (κ2) is 8.89. The number of imide groups is 1. The Morgan fingerprint density at radius 2 is 1.53 bits per heavy atom. The van der Waals surface area contributed by atoms with Crippen LogP contribution in [0.15, 0.2) is 78.5 Å². The molecule has 4 rings (SSSR count). The number of anilines is 2. The van der Waals surface area contributed by atoms with E-state index in [1.807, 2.05) is 24.3 Å². The molecule has 0 radical (unpaired) electrons. The van der Waals surface area contributed by atoms with Crippen LogP contribution in [0.25, 0.3) is 5.57 Å². The summed E-state index contributed by atoms with van der Waals surface area (Å²) in [5, 5.41) is 3.73. The van der Waals surface area contributed by atoms with Gasteiger partial charge in [0.2, 0.25) is 0 Å². The number of ether oxygens (including phenoxy) is 1. The third-order valence-corrected chi connectivity index (χ3v) is 5.64. The molecule has 0 aromatic heterocycles. The molecular weight excluding hydrogens is 424 g/mol. The van der Waals surface area contributed by atoms with Gasteiger partial charge in [-0.15, -0.1) is 0 Å². The Morgan fingerprint density at radius 1 is 0.875 bits per heavy atom. The highest BCUT2D eigenvalue weighted by Gasteiger charge is 2.41. The molecule has 0 saturated heterocycles. The highest BCUT2D eigenvalue weighted by atomic mass is 35.5. The summed E-state index contributed by atoms with van der Waals surface area (Å²) in [5.41, 5.74) is 3.40. The molecule has 3 aromatic carbocycles. The fraction of sp³-hybridized carbons (Fsp3) is 0.154. The molecule has 1 aliphatic heterocycles. The van der Waals surface area contributed by atoms with Crippen molar-refractivity contribution in [3.8, 4) is 5.75 Å². The van der Waals surface area contributed by atoms with Crippen LogP contribution in [0, 0.1) is 0 Å². The first-order valence-electron chi connectivity index (χ1n) is 10.3. The summed E-state index contributed by atoms with van der Waals surface area (Å²) in [6, 6.07) is 21.6. The Bertz CT molecular complexity index is 1200. The minimum absolute atomic E-state index is 0.209. The number of halogens is 1. The number of rotatable bonds is 6. The third-order valence-electron chi connectivity index (χ3n) is 5.39. The highest BCUT2D eigenvalue weighted by molar-refractivity contribution is 6.46. The van der Waals surface area contributed by atoms with E-state index in [1.165, 1.54) is 12.7 Å². The van der Waals surface area contributed by atoms with Gasteiger partial charge in [0, 0.05) is 10.7 Å². The SMILES string of the molecule is COc1ccccc1N1C(=O)C(Nc2ccc(C(C)C)cc2)=C(c2ccc(Cl)cc2)C1=O. The summed E-state index contributed by atoms with van der Waals surface area (Å²) in [4.78, 5) is 28.2. The molecule has 3 aromatic rings. The zero-order chi connectivity index (χ0) is 22.8. The summed E-state index contributed by atoms with van der Waals surface area (Å²) in [6.07, 6.45) is 0. The van der Waals surface area contributed by atoms with Gasteiger partial charge in [-0.3, -0.25) is 9.59 Å². The summed E-state index contributed by atoms with van der Waals surface area (Å²) >= 11 is 6.04. The molecule has 1 N–H and O–H groups in total.